The van der Waals surface area contributed by atoms with Gasteiger partial charge in [-0.25, -0.2) is 0 Å². The molecule has 0 aromatic carbocycles. The Morgan fingerprint density at radius 1 is 1.50 bits per heavy atom. The minimum atomic E-state index is -0.119. The van der Waals surface area contributed by atoms with Crippen LogP contribution >= 0.6 is 15.9 Å². The lowest BCUT2D eigenvalue weighted by molar-refractivity contribution is -0.142. The first-order chi connectivity index (χ1) is 5.66. The van der Waals surface area contributed by atoms with Crippen molar-refractivity contribution in [1.29, 1.82) is 0 Å². The molecule has 0 aliphatic carbocycles. The fourth-order valence-electron chi connectivity index (χ4n) is 0.585. The number of hydrogen-bond donors (Lipinski definition) is 0. The second-order valence-corrected chi connectivity index (χ2v) is 3.55. The number of carbonyl (C=O) groups excluding carboxylic acids is 1. The molecule has 0 aromatic rings. The van der Waals surface area contributed by atoms with Gasteiger partial charge in [0, 0.05) is 11.8 Å². The van der Waals surface area contributed by atoms with Crippen molar-refractivity contribution >= 4 is 21.9 Å². The van der Waals surface area contributed by atoms with E-state index in [0.717, 1.165) is 11.8 Å². The van der Waals surface area contributed by atoms with E-state index in [1.165, 1.54) is 5.57 Å². The molecule has 0 N–H and O–H groups in total. The van der Waals surface area contributed by atoms with Gasteiger partial charge in [-0.2, -0.15) is 0 Å². The van der Waals surface area contributed by atoms with Crippen molar-refractivity contribution in [2.75, 3.05) is 11.9 Å². The maximum absolute atomic E-state index is 10.9. The Bertz CT molecular complexity index is 160. The summed E-state index contributed by atoms with van der Waals surface area (Å²) in [7, 11) is 0. The van der Waals surface area contributed by atoms with Crippen LogP contribution in [0.3, 0.4) is 0 Å². The molecule has 0 radical (unpaired) electrons. The Hall–Kier alpha value is -0.310. The largest absolute Gasteiger partial charge is 0.461 e. The Kier molecular flexibility index (Phi) is 7.16. The molecule has 70 valence electrons. The molecule has 0 saturated carbocycles. The number of hydrogen-bond acceptors (Lipinski definition) is 2. The fraction of sp³-hybridized carbons (Fsp3) is 0.667. The quantitative estimate of drug-likeness (QED) is 0.416. The summed E-state index contributed by atoms with van der Waals surface area (Å²) in [6.07, 6.45) is 3.24. The van der Waals surface area contributed by atoms with Crippen LogP contribution in [0.1, 0.15) is 26.7 Å². The monoisotopic (exact) mass is 234 g/mol. The van der Waals surface area contributed by atoms with E-state index in [2.05, 4.69) is 15.9 Å². The summed E-state index contributed by atoms with van der Waals surface area (Å²) in [6, 6.07) is 0. The standard InChI is InChI=1S/C9H15BrO2/c1-8(2)5-7-12-9(11)4-3-6-10/h5H,3-4,6-7H2,1-2H3. The fourth-order valence-corrected chi connectivity index (χ4v) is 0.865. The lowest BCUT2D eigenvalue weighted by atomic mass is 10.3. The molecule has 0 aliphatic rings. The highest BCUT2D eigenvalue weighted by atomic mass is 79.9. The van der Waals surface area contributed by atoms with E-state index in [0.29, 0.717) is 13.0 Å². The summed E-state index contributed by atoms with van der Waals surface area (Å²) in [5.41, 5.74) is 1.17. The molecule has 0 fully saturated rings. The van der Waals surface area contributed by atoms with E-state index >= 15 is 0 Å². The molecule has 2 nitrogen and oxygen atoms in total. The summed E-state index contributed by atoms with van der Waals surface area (Å²) < 4.78 is 4.92. The molecule has 0 aromatic heterocycles. The minimum absolute atomic E-state index is 0.119. The average molecular weight is 235 g/mol. The lowest BCUT2D eigenvalue weighted by Crippen LogP contribution is -2.04. The van der Waals surface area contributed by atoms with Gasteiger partial charge in [-0.15, -0.1) is 0 Å². The van der Waals surface area contributed by atoms with Gasteiger partial charge in [-0.3, -0.25) is 4.79 Å². The van der Waals surface area contributed by atoms with Gasteiger partial charge in [0.15, 0.2) is 0 Å². The maximum Gasteiger partial charge on any atom is 0.306 e. The number of allylic oxidation sites excluding steroid dienone is 1. The van der Waals surface area contributed by atoms with Crippen molar-refractivity contribution in [2.24, 2.45) is 0 Å². The number of alkyl halides is 1. The van der Waals surface area contributed by atoms with Crippen LogP contribution in [0.5, 0.6) is 0 Å². The second-order valence-electron chi connectivity index (χ2n) is 2.76. The van der Waals surface area contributed by atoms with Crippen LogP contribution in [0.25, 0.3) is 0 Å². The summed E-state index contributed by atoms with van der Waals surface area (Å²) in [5.74, 6) is -0.119. The first-order valence-corrected chi connectivity index (χ1v) is 5.14. The van der Waals surface area contributed by atoms with Crippen molar-refractivity contribution in [3.05, 3.63) is 11.6 Å². The molecule has 3 heteroatoms. The van der Waals surface area contributed by atoms with E-state index in [1.54, 1.807) is 0 Å². The van der Waals surface area contributed by atoms with Gasteiger partial charge in [-0.1, -0.05) is 21.5 Å². The predicted molar refractivity (Wildman–Crippen MR) is 53.4 cm³/mol. The molecular weight excluding hydrogens is 220 g/mol. The zero-order valence-electron chi connectivity index (χ0n) is 7.60. The van der Waals surface area contributed by atoms with E-state index in [1.807, 2.05) is 19.9 Å². The van der Waals surface area contributed by atoms with Crippen LogP contribution in [0.4, 0.5) is 0 Å². The number of rotatable bonds is 5. The topological polar surface area (TPSA) is 26.3 Å². The second kappa shape index (κ2) is 7.35. The Morgan fingerprint density at radius 3 is 2.67 bits per heavy atom. The first-order valence-electron chi connectivity index (χ1n) is 4.01. The molecule has 0 rings (SSSR count). The third kappa shape index (κ3) is 7.79. The maximum atomic E-state index is 10.9. The molecule has 0 bridgehead atoms. The first kappa shape index (κ1) is 11.7. The molecule has 12 heavy (non-hydrogen) atoms. The SMILES string of the molecule is CC(C)=CCOC(=O)CCCBr. The van der Waals surface area contributed by atoms with Gasteiger partial charge < -0.3 is 4.74 Å². The van der Waals surface area contributed by atoms with Crippen LogP contribution < -0.4 is 0 Å². The van der Waals surface area contributed by atoms with Gasteiger partial charge >= 0.3 is 5.97 Å². The Morgan fingerprint density at radius 2 is 2.17 bits per heavy atom. The van der Waals surface area contributed by atoms with Gasteiger partial charge in [0.1, 0.15) is 6.61 Å². The van der Waals surface area contributed by atoms with Crippen LogP contribution in [-0.4, -0.2) is 17.9 Å². The zero-order chi connectivity index (χ0) is 9.40. The van der Waals surface area contributed by atoms with Crippen LogP contribution in [0.15, 0.2) is 11.6 Å². The van der Waals surface area contributed by atoms with Gasteiger partial charge in [0.2, 0.25) is 0 Å². The Balaban J connectivity index is 3.38. The van der Waals surface area contributed by atoms with Gasteiger partial charge in [-0.05, 0) is 26.3 Å². The molecule has 0 aliphatic heterocycles. The molecule has 0 atom stereocenters. The minimum Gasteiger partial charge on any atom is -0.461 e. The third-order valence-electron chi connectivity index (χ3n) is 1.25. The van der Waals surface area contributed by atoms with E-state index in [9.17, 15) is 4.79 Å². The highest BCUT2D eigenvalue weighted by Gasteiger charge is 1.99. The number of esters is 1. The summed E-state index contributed by atoms with van der Waals surface area (Å²) in [6.45, 7) is 4.36. The van der Waals surface area contributed by atoms with Gasteiger partial charge in [0.25, 0.3) is 0 Å². The summed E-state index contributed by atoms with van der Waals surface area (Å²) >= 11 is 3.25. The number of carbonyl (C=O) groups is 1. The van der Waals surface area contributed by atoms with Crippen LogP contribution in [-0.2, 0) is 9.53 Å². The van der Waals surface area contributed by atoms with Crippen molar-refractivity contribution in [2.45, 2.75) is 26.7 Å². The van der Waals surface area contributed by atoms with E-state index in [-0.39, 0.29) is 5.97 Å². The molecule has 0 saturated heterocycles. The highest BCUT2D eigenvalue weighted by Crippen LogP contribution is 1.97. The average Bonchev–Trinajstić information content (AvgIpc) is 2.00. The smallest absolute Gasteiger partial charge is 0.306 e. The third-order valence-corrected chi connectivity index (χ3v) is 1.81. The molecular formula is C9H15BrO2. The van der Waals surface area contributed by atoms with E-state index < -0.39 is 0 Å². The highest BCUT2D eigenvalue weighted by molar-refractivity contribution is 9.09. The van der Waals surface area contributed by atoms with Crippen LogP contribution in [0.2, 0.25) is 0 Å². The van der Waals surface area contributed by atoms with Crippen LogP contribution in [0, 0.1) is 0 Å². The summed E-state index contributed by atoms with van der Waals surface area (Å²) in [4.78, 5) is 10.9. The van der Waals surface area contributed by atoms with Crippen molar-refractivity contribution in [3.63, 3.8) is 0 Å². The number of halogens is 1. The molecule has 0 unspecified atom stereocenters. The van der Waals surface area contributed by atoms with Crippen molar-refractivity contribution in [1.82, 2.24) is 0 Å². The van der Waals surface area contributed by atoms with Crippen molar-refractivity contribution < 1.29 is 9.53 Å². The zero-order valence-corrected chi connectivity index (χ0v) is 9.19. The summed E-state index contributed by atoms with van der Waals surface area (Å²) in [5, 5.41) is 0.852. The van der Waals surface area contributed by atoms with Crippen molar-refractivity contribution in [3.8, 4) is 0 Å². The van der Waals surface area contributed by atoms with Gasteiger partial charge in [0.05, 0.1) is 0 Å². The predicted octanol–water partition coefficient (Wildman–Crippen LogP) is 2.67. The molecule has 0 heterocycles. The molecule has 0 amide bonds. The molecule has 0 spiro atoms. The van der Waals surface area contributed by atoms with E-state index in [4.69, 9.17) is 4.74 Å². The normalized spacial score (nSPS) is 9.25. The lowest BCUT2D eigenvalue weighted by Gasteiger charge is -2.00. The number of ether oxygens (including phenoxy) is 1. The Labute approximate surface area is 82.1 Å².